The van der Waals surface area contributed by atoms with Crippen LogP contribution in [0.1, 0.15) is 19.8 Å². The molecule has 0 aromatic carbocycles. The Hall–Kier alpha value is -2.22. The van der Waals surface area contributed by atoms with E-state index in [1.54, 1.807) is 19.1 Å². The number of amides is 1. The number of carbonyl (C=O) groups excluding carboxylic acids is 1. The van der Waals surface area contributed by atoms with Crippen LogP contribution in [0.5, 0.6) is 0 Å². The van der Waals surface area contributed by atoms with Gasteiger partial charge < -0.3 is 30.2 Å². The number of nitrogens with zero attached hydrogens (tertiary/aromatic N) is 2. The molecule has 0 saturated heterocycles. The molecule has 2 aliphatic heterocycles. The van der Waals surface area contributed by atoms with Crippen LogP contribution in [0.2, 0.25) is 0 Å². The van der Waals surface area contributed by atoms with Gasteiger partial charge in [-0.1, -0.05) is 0 Å². The van der Waals surface area contributed by atoms with Gasteiger partial charge in [-0.3, -0.25) is 9.79 Å². The van der Waals surface area contributed by atoms with E-state index < -0.39 is 0 Å². The number of methoxy groups -OCH3 is 1. The number of hydrogen-bond donors (Lipinski definition) is 2. The van der Waals surface area contributed by atoms with Crippen LogP contribution in [0.3, 0.4) is 0 Å². The molecule has 0 radical (unpaired) electrons. The van der Waals surface area contributed by atoms with Gasteiger partial charge in [0.05, 0.1) is 31.3 Å². The summed E-state index contributed by atoms with van der Waals surface area (Å²) in [6, 6.07) is 0. The summed E-state index contributed by atoms with van der Waals surface area (Å²) in [7, 11) is 3.18. The van der Waals surface area contributed by atoms with E-state index in [0.29, 0.717) is 31.9 Å². The fraction of sp³-hybridized carbons (Fsp3) is 0.600. The average Bonchev–Trinajstić information content (AvgIpc) is 2.55. The summed E-state index contributed by atoms with van der Waals surface area (Å²) in [5, 5.41) is 3.34. The molecule has 0 saturated carbocycles. The SMILES string of the molecule is C/N=C\OC1=C(N)CCN(C(C)NC2=C(OC)COCC2)C1=O. The van der Waals surface area contributed by atoms with Gasteiger partial charge in [0.25, 0.3) is 5.91 Å². The van der Waals surface area contributed by atoms with Crippen molar-refractivity contribution in [2.75, 3.05) is 33.9 Å². The zero-order valence-corrected chi connectivity index (χ0v) is 13.8. The number of hydrogen-bond acceptors (Lipinski definition) is 7. The van der Waals surface area contributed by atoms with Gasteiger partial charge in [-0.15, -0.1) is 0 Å². The van der Waals surface area contributed by atoms with Crippen LogP contribution in [0.25, 0.3) is 0 Å². The molecule has 0 bridgehead atoms. The summed E-state index contributed by atoms with van der Waals surface area (Å²) in [5.41, 5.74) is 7.28. The molecule has 1 atom stereocenters. The molecule has 0 fully saturated rings. The van der Waals surface area contributed by atoms with E-state index in [9.17, 15) is 4.79 Å². The zero-order chi connectivity index (χ0) is 16.8. The van der Waals surface area contributed by atoms with Crippen LogP contribution < -0.4 is 11.1 Å². The van der Waals surface area contributed by atoms with Crippen molar-refractivity contribution in [3.63, 3.8) is 0 Å². The molecule has 2 heterocycles. The minimum absolute atomic E-state index is 0.142. The van der Waals surface area contributed by atoms with Crippen molar-refractivity contribution in [3.05, 3.63) is 22.9 Å². The fourth-order valence-corrected chi connectivity index (χ4v) is 2.56. The van der Waals surface area contributed by atoms with E-state index in [2.05, 4.69) is 10.3 Å². The average molecular weight is 324 g/mol. The molecule has 23 heavy (non-hydrogen) atoms. The van der Waals surface area contributed by atoms with Crippen LogP contribution >= 0.6 is 0 Å². The number of ether oxygens (including phenoxy) is 3. The van der Waals surface area contributed by atoms with Gasteiger partial charge in [-0.2, -0.15) is 0 Å². The normalized spacial score (nSPS) is 21.0. The predicted molar refractivity (Wildman–Crippen MR) is 85.1 cm³/mol. The second kappa shape index (κ2) is 7.87. The molecule has 8 nitrogen and oxygen atoms in total. The maximum absolute atomic E-state index is 12.6. The standard InChI is InChI=1S/C15H24N4O4/c1-10(18-12-5-7-22-8-13(12)21-3)19-6-4-11(16)14(15(19)20)23-9-17-2/h9-10,18H,4-8,16H2,1-3H3/b17-9-. The highest BCUT2D eigenvalue weighted by Crippen LogP contribution is 2.20. The van der Waals surface area contributed by atoms with E-state index in [1.807, 2.05) is 6.92 Å². The third-order valence-electron chi connectivity index (χ3n) is 3.81. The Bertz CT molecular complexity index is 542. The lowest BCUT2D eigenvalue weighted by molar-refractivity contribution is -0.133. The van der Waals surface area contributed by atoms with Crippen LogP contribution in [-0.4, -0.2) is 57.3 Å². The lowest BCUT2D eigenvalue weighted by atomic mass is 10.1. The van der Waals surface area contributed by atoms with Crippen LogP contribution in [0, 0.1) is 0 Å². The van der Waals surface area contributed by atoms with Crippen molar-refractivity contribution in [3.8, 4) is 0 Å². The topological polar surface area (TPSA) is 98.4 Å². The maximum Gasteiger partial charge on any atom is 0.293 e. The Morgan fingerprint density at radius 1 is 1.48 bits per heavy atom. The van der Waals surface area contributed by atoms with Crippen molar-refractivity contribution in [2.45, 2.75) is 25.9 Å². The molecule has 0 aromatic heterocycles. The van der Waals surface area contributed by atoms with Crippen molar-refractivity contribution in [1.29, 1.82) is 0 Å². The second-order valence-electron chi connectivity index (χ2n) is 5.31. The van der Waals surface area contributed by atoms with Gasteiger partial charge in [-0.25, -0.2) is 0 Å². The molecule has 1 unspecified atom stereocenters. The minimum Gasteiger partial charge on any atom is -0.497 e. The fourth-order valence-electron chi connectivity index (χ4n) is 2.56. The minimum atomic E-state index is -0.250. The Balaban J connectivity index is 2.09. The van der Waals surface area contributed by atoms with Crippen molar-refractivity contribution in [2.24, 2.45) is 10.7 Å². The van der Waals surface area contributed by atoms with Crippen LogP contribution in [0.4, 0.5) is 0 Å². The first-order valence-corrected chi connectivity index (χ1v) is 7.55. The number of aliphatic imine (C=N–C) groups is 1. The molecule has 3 N–H and O–H groups in total. The second-order valence-corrected chi connectivity index (χ2v) is 5.31. The predicted octanol–water partition coefficient (Wildman–Crippen LogP) is 0.278. The summed E-state index contributed by atoms with van der Waals surface area (Å²) < 4.78 is 15.9. The molecule has 1 amide bonds. The van der Waals surface area contributed by atoms with E-state index in [4.69, 9.17) is 19.9 Å². The lowest BCUT2D eigenvalue weighted by Crippen LogP contribution is -2.51. The van der Waals surface area contributed by atoms with Gasteiger partial charge >= 0.3 is 0 Å². The van der Waals surface area contributed by atoms with E-state index >= 15 is 0 Å². The number of nitrogens with one attached hydrogen (secondary N) is 1. The molecule has 128 valence electrons. The molecule has 2 rings (SSSR count). The summed E-state index contributed by atoms with van der Waals surface area (Å²) in [6.07, 6.45) is 2.28. The van der Waals surface area contributed by atoms with Gasteiger partial charge in [0.15, 0.2) is 6.40 Å². The van der Waals surface area contributed by atoms with Crippen molar-refractivity contribution in [1.82, 2.24) is 10.2 Å². The Labute approximate surface area is 136 Å². The quantitative estimate of drug-likeness (QED) is 0.538. The first kappa shape index (κ1) is 17.1. The van der Waals surface area contributed by atoms with Gasteiger partial charge in [0.1, 0.15) is 12.4 Å². The van der Waals surface area contributed by atoms with E-state index in [0.717, 1.165) is 17.9 Å². The summed E-state index contributed by atoms with van der Waals surface area (Å²) in [6.45, 7) is 3.51. The first-order valence-electron chi connectivity index (χ1n) is 7.55. The van der Waals surface area contributed by atoms with Crippen molar-refractivity contribution < 1.29 is 19.0 Å². The molecule has 0 spiro atoms. The molecular formula is C15H24N4O4. The number of carbonyl (C=O) groups is 1. The molecular weight excluding hydrogens is 300 g/mol. The monoisotopic (exact) mass is 324 g/mol. The third kappa shape index (κ3) is 3.95. The Kier molecular flexibility index (Phi) is 5.86. The van der Waals surface area contributed by atoms with E-state index in [1.165, 1.54) is 6.40 Å². The highest BCUT2D eigenvalue weighted by Gasteiger charge is 2.31. The third-order valence-corrected chi connectivity index (χ3v) is 3.81. The van der Waals surface area contributed by atoms with Gasteiger partial charge in [-0.05, 0) is 6.92 Å². The summed E-state index contributed by atoms with van der Waals surface area (Å²) in [5.74, 6) is 0.654. The molecule has 0 aromatic rings. The summed E-state index contributed by atoms with van der Waals surface area (Å²) in [4.78, 5) is 18.0. The number of rotatable bonds is 6. The molecule has 8 heteroatoms. The maximum atomic E-state index is 12.6. The molecule has 2 aliphatic rings. The van der Waals surface area contributed by atoms with Gasteiger partial charge in [0, 0.05) is 26.4 Å². The summed E-state index contributed by atoms with van der Waals surface area (Å²) >= 11 is 0. The van der Waals surface area contributed by atoms with Crippen molar-refractivity contribution >= 4 is 12.3 Å². The highest BCUT2D eigenvalue weighted by atomic mass is 16.5. The largest absolute Gasteiger partial charge is 0.497 e. The Morgan fingerprint density at radius 2 is 2.26 bits per heavy atom. The highest BCUT2D eigenvalue weighted by molar-refractivity contribution is 5.94. The molecule has 0 aliphatic carbocycles. The smallest absolute Gasteiger partial charge is 0.293 e. The zero-order valence-electron chi connectivity index (χ0n) is 13.8. The van der Waals surface area contributed by atoms with Crippen LogP contribution in [-0.2, 0) is 19.0 Å². The number of nitrogens with two attached hydrogens (primary N) is 1. The van der Waals surface area contributed by atoms with Gasteiger partial charge in [0.2, 0.25) is 5.76 Å². The van der Waals surface area contributed by atoms with Crippen LogP contribution in [0.15, 0.2) is 27.9 Å². The first-order chi connectivity index (χ1) is 11.1. The Morgan fingerprint density at radius 3 is 2.96 bits per heavy atom. The van der Waals surface area contributed by atoms with E-state index in [-0.39, 0.29) is 17.8 Å². The lowest BCUT2D eigenvalue weighted by Gasteiger charge is -2.35.